The molecule has 4 unspecified atom stereocenters. The van der Waals surface area contributed by atoms with Crippen molar-refractivity contribution in [1.82, 2.24) is 20.9 Å². The zero-order valence-electron chi connectivity index (χ0n) is 32.9. The minimum atomic E-state index is -1.17. The van der Waals surface area contributed by atoms with E-state index in [0.29, 0.717) is 24.2 Å². The third-order valence-corrected chi connectivity index (χ3v) is 10.5. The Hall–Kier alpha value is -4.29. The quantitative estimate of drug-likeness (QED) is 0.128. The fourth-order valence-electron chi connectivity index (χ4n) is 7.63. The largest absolute Gasteiger partial charge is 0.390 e. The summed E-state index contributed by atoms with van der Waals surface area (Å²) in [4.78, 5) is 70.2. The van der Waals surface area contributed by atoms with E-state index in [4.69, 9.17) is 5.73 Å². The van der Waals surface area contributed by atoms with E-state index >= 15 is 0 Å². The van der Waals surface area contributed by atoms with Crippen LogP contribution >= 0.6 is 0 Å². The standard InChI is InChI=1S/C42H62N6O6/c1-25(2)19-35(40(52)46-34(20-29-13-9-7-10-14-29)37(50)23-38(51)44-24-26(3)4)47-41(53)36(21-30-15-11-8-12-16-30)48(28(6)49)39-32-22-31(27(5)43)17-18-33(32)45-42(39)54/h8,11-12,15-18,22,25-27,29,34-37,39,50H,7,9-10,13-14,19-21,23-24,43H2,1-6H3,(H,44,51)(H,45,54)(H,46,52)(H,47,53)/t27?,34?,35-,36-,37?,39?/m0/s1. The van der Waals surface area contributed by atoms with Gasteiger partial charge in [-0.25, -0.2) is 0 Å². The molecular weight excluding hydrogens is 684 g/mol. The van der Waals surface area contributed by atoms with Crippen molar-refractivity contribution in [1.29, 1.82) is 0 Å². The molecular formula is C42H62N6O6. The van der Waals surface area contributed by atoms with Gasteiger partial charge in [0.05, 0.1) is 18.6 Å². The molecule has 5 amide bonds. The maximum atomic E-state index is 14.6. The topological polar surface area (TPSA) is 183 Å². The van der Waals surface area contributed by atoms with Gasteiger partial charge in [-0.2, -0.15) is 0 Å². The van der Waals surface area contributed by atoms with Gasteiger partial charge in [-0.1, -0.05) is 96.2 Å². The van der Waals surface area contributed by atoms with Gasteiger partial charge in [0.15, 0.2) is 0 Å². The van der Waals surface area contributed by atoms with Gasteiger partial charge in [-0.05, 0) is 60.8 Å². The van der Waals surface area contributed by atoms with E-state index in [-0.39, 0.29) is 49.0 Å². The average molecular weight is 747 g/mol. The van der Waals surface area contributed by atoms with Gasteiger partial charge in [-0.15, -0.1) is 0 Å². The van der Waals surface area contributed by atoms with E-state index < -0.39 is 53.9 Å². The monoisotopic (exact) mass is 746 g/mol. The molecule has 1 saturated carbocycles. The number of amides is 5. The minimum Gasteiger partial charge on any atom is -0.390 e. The second kappa shape index (κ2) is 19.9. The lowest BCUT2D eigenvalue weighted by atomic mass is 9.83. The summed E-state index contributed by atoms with van der Waals surface area (Å²) in [6.45, 7) is 11.5. The van der Waals surface area contributed by atoms with Crippen LogP contribution in [0.4, 0.5) is 5.69 Å². The Morgan fingerprint density at radius 1 is 0.926 bits per heavy atom. The van der Waals surface area contributed by atoms with E-state index in [1.165, 1.54) is 11.8 Å². The van der Waals surface area contributed by atoms with Crippen LogP contribution in [-0.4, -0.2) is 70.3 Å². The normalized spacial score (nSPS) is 18.6. The number of hydrogen-bond acceptors (Lipinski definition) is 7. The highest BCUT2D eigenvalue weighted by Gasteiger charge is 2.43. The number of carbonyl (C=O) groups is 5. The molecule has 6 atom stereocenters. The highest BCUT2D eigenvalue weighted by Crippen LogP contribution is 2.38. The Labute approximate surface area is 320 Å². The number of nitrogens with one attached hydrogen (secondary N) is 4. The highest BCUT2D eigenvalue weighted by molar-refractivity contribution is 6.05. The average Bonchev–Trinajstić information content (AvgIpc) is 3.44. The number of benzene rings is 2. The predicted molar refractivity (Wildman–Crippen MR) is 210 cm³/mol. The van der Waals surface area contributed by atoms with Gasteiger partial charge in [0.1, 0.15) is 18.1 Å². The second-order valence-electron chi connectivity index (χ2n) is 16.2. The zero-order chi connectivity index (χ0) is 39.5. The lowest BCUT2D eigenvalue weighted by Gasteiger charge is -2.36. The summed E-state index contributed by atoms with van der Waals surface area (Å²) in [6.07, 6.45) is 4.87. The molecule has 1 fully saturated rings. The van der Waals surface area contributed by atoms with E-state index in [2.05, 4.69) is 21.3 Å². The molecule has 0 bridgehead atoms. The van der Waals surface area contributed by atoms with Crippen molar-refractivity contribution in [3.63, 3.8) is 0 Å². The third kappa shape index (κ3) is 11.9. The number of hydrogen-bond donors (Lipinski definition) is 6. The summed E-state index contributed by atoms with van der Waals surface area (Å²) in [5, 5.41) is 23.1. The maximum absolute atomic E-state index is 14.6. The van der Waals surface area contributed by atoms with E-state index in [1.807, 2.05) is 71.0 Å². The number of carbonyl (C=O) groups excluding carboxylic acids is 5. The van der Waals surface area contributed by atoms with Crippen molar-refractivity contribution in [2.45, 2.75) is 136 Å². The number of nitrogens with two attached hydrogens (primary N) is 1. The molecule has 1 aliphatic carbocycles. The Morgan fingerprint density at radius 3 is 2.22 bits per heavy atom. The summed E-state index contributed by atoms with van der Waals surface area (Å²) in [5.41, 5.74) is 8.81. The van der Waals surface area contributed by atoms with Crippen molar-refractivity contribution in [3.05, 3.63) is 65.2 Å². The first kappa shape index (κ1) is 42.5. The smallest absolute Gasteiger partial charge is 0.251 e. The summed E-state index contributed by atoms with van der Waals surface area (Å²) in [5.74, 6) is -1.75. The number of aliphatic hydroxyl groups excluding tert-OH is 1. The number of anilines is 1. The van der Waals surface area contributed by atoms with Gasteiger partial charge in [0.25, 0.3) is 5.91 Å². The van der Waals surface area contributed by atoms with Crippen molar-refractivity contribution in [3.8, 4) is 0 Å². The number of aliphatic hydroxyl groups is 1. The van der Waals surface area contributed by atoms with Crippen LogP contribution in [-0.2, 0) is 30.4 Å². The lowest BCUT2D eigenvalue weighted by molar-refractivity contribution is -0.146. The first-order chi connectivity index (χ1) is 25.6. The molecule has 0 aromatic heterocycles. The number of fused-ring (bicyclic) bond motifs is 1. The fourth-order valence-corrected chi connectivity index (χ4v) is 7.63. The molecule has 7 N–H and O–H groups in total. The van der Waals surface area contributed by atoms with Crippen LogP contribution in [0, 0.1) is 17.8 Å². The SMILES string of the molecule is CC(=O)N(C1C(=O)Nc2ccc(C(C)N)cc21)[C@@H](Cc1ccccc1)C(=O)N[C@@H](CC(C)C)C(=O)NC(CC1CCCCC1)C(O)CC(=O)NCC(C)C. The van der Waals surface area contributed by atoms with Gasteiger partial charge >= 0.3 is 0 Å². The van der Waals surface area contributed by atoms with Gasteiger partial charge in [0, 0.05) is 37.2 Å². The van der Waals surface area contributed by atoms with E-state index in [0.717, 1.165) is 43.2 Å². The van der Waals surface area contributed by atoms with Crippen LogP contribution in [0.1, 0.15) is 122 Å². The Bertz CT molecular complexity index is 1590. The molecule has 1 aliphatic heterocycles. The molecule has 2 aliphatic rings. The van der Waals surface area contributed by atoms with Crippen LogP contribution in [0.5, 0.6) is 0 Å². The van der Waals surface area contributed by atoms with E-state index in [1.54, 1.807) is 12.1 Å². The Balaban J connectivity index is 1.64. The summed E-state index contributed by atoms with van der Waals surface area (Å²) >= 11 is 0. The van der Waals surface area contributed by atoms with Crippen LogP contribution in [0.3, 0.4) is 0 Å². The lowest BCUT2D eigenvalue weighted by Crippen LogP contribution is -2.58. The van der Waals surface area contributed by atoms with Gasteiger partial charge < -0.3 is 37.0 Å². The maximum Gasteiger partial charge on any atom is 0.251 e. The van der Waals surface area contributed by atoms with Crippen molar-refractivity contribution >= 4 is 35.2 Å². The number of rotatable bonds is 18. The molecule has 4 rings (SSSR count). The first-order valence-corrected chi connectivity index (χ1v) is 19.7. The number of nitrogens with zero attached hydrogens (tertiary/aromatic N) is 1. The molecule has 0 saturated heterocycles. The minimum absolute atomic E-state index is 0.00905. The van der Waals surface area contributed by atoms with Crippen LogP contribution in [0.2, 0.25) is 0 Å². The van der Waals surface area contributed by atoms with Crippen LogP contribution in [0.25, 0.3) is 0 Å². The van der Waals surface area contributed by atoms with Crippen molar-refractivity contribution in [2.75, 3.05) is 11.9 Å². The Morgan fingerprint density at radius 2 is 1.61 bits per heavy atom. The molecule has 0 radical (unpaired) electrons. The van der Waals surface area contributed by atoms with Crippen LogP contribution in [0.15, 0.2) is 48.5 Å². The van der Waals surface area contributed by atoms with Crippen molar-refractivity contribution in [2.24, 2.45) is 23.5 Å². The highest BCUT2D eigenvalue weighted by atomic mass is 16.3. The molecule has 1 heterocycles. The zero-order valence-corrected chi connectivity index (χ0v) is 32.9. The second-order valence-corrected chi connectivity index (χ2v) is 16.2. The third-order valence-electron chi connectivity index (χ3n) is 10.5. The summed E-state index contributed by atoms with van der Waals surface area (Å²) in [7, 11) is 0. The Kier molecular flexibility index (Phi) is 15.6. The summed E-state index contributed by atoms with van der Waals surface area (Å²) in [6, 6.07) is 10.3. The summed E-state index contributed by atoms with van der Waals surface area (Å²) < 4.78 is 0. The van der Waals surface area contributed by atoms with Gasteiger partial charge in [-0.3, -0.25) is 24.0 Å². The van der Waals surface area contributed by atoms with Crippen LogP contribution < -0.4 is 27.0 Å². The molecule has 2 aromatic carbocycles. The molecule has 12 nitrogen and oxygen atoms in total. The molecule has 296 valence electrons. The first-order valence-electron chi connectivity index (χ1n) is 19.7. The van der Waals surface area contributed by atoms with Crippen molar-refractivity contribution < 1.29 is 29.1 Å². The predicted octanol–water partition coefficient (Wildman–Crippen LogP) is 4.67. The van der Waals surface area contributed by atoms with Gasteiger partial charge in [0.2, 0.25) is 23.6 Å². The fraction of sp³-hybridized carbons (Fsp3) is 0.595. The molecule has 2 aromatic rings. The molecule has 54 heavy (non-hydrogen) atoms. The molecule has 12 heteroatoms. The molecule has 0 spiro atoms. The van der Waals surface area contributed by atoms with E-state index in [9.17, 15) is 29.1 Å².